The van der Waals surface area contributed by atoms with E-state index < -0.39 is 0 Å². The first-order valence-corrected chi connectivity index (χ1v) is 6.04. The van der Waals surface area contributed by atoms with E-state index in [1.807, 2.05) is 13.8 Å². The highest BCUT2D eigenvalue weighted by Gasteiger charge is 2.48. The Balaban J connectivity index is 1.81. The molecule has 2 aliphatic carbocycles. The number of carbonyl (C=O) groups is 1. The highest BCUT2D eigenvalue weighted by Crippen LogP contribution is 2.54. The Morgan fingerprint density at radius 2 is 1.93 bits per heavy atom. The van der Waals surface area contributed by atoms with Crippen LogP contribution in [0.25, 0.3) is 0 Å². The molecule has 0 radical (unpaired) electrons. The fourth-order valence-electron chi connectivity index (χ4n) is 2.79. The summed E-state index contributed by atoms with van der Waals surface area (Å²) in [5.74, 6) is 2.28. The molecule has 3 N–H and O–H groups in total. The summed E-state index contributed by atoms with van der Waals surface area (Å²) in [6, 6.07) is 0. The van der Waals surface area contributed by atoms with Crippen molar-refractivity contribution in [3.63, 3.8) is 0 Å². The third-order valence-corrected chi connectivity index (χ3v) is 3.85. The van der Waals surface area contributed by atoms with Crippen LogP contribution in [-0.4, -0.2) is 18.0 Å². The highest BCUT2D eigenvalue weighted by atomic mass is 16.2. The van der Waals surface area contributed by atoms with Gasteiger partial charge in [0.05, 0.1) is 0 Å². The molecule has 1 amide bonds. The molecular formula is C12H22N2O. The first-order valence-electron chi connectivity index (χ1n) is 6.04. The predicted molar refractivity (Wildman–Crippen MR) is 60.2 cm³/mol. The normalized spacial score (nSPS) is 33.7. The van der Waals surface area contributed by atoms with Crippen LogP contribution < -0.4 is 11.1 Å². The molecule has 0 spiro atoms. The van der Waals surface area contributed by atoms with E-state index >= 15 is 0 Å². The summed E-state index contributed by atoms with van der Waals surface area (Å²) in [5.41, 5.74) is 5.38. The third-order valence-electron chi connectivity index (χ3n) is 3.85. The van der Waals surface area contributed by atoms with Crippen molar-refractivity contribution in [2.75, 3.05) is 6.54 Å². The number of hydrogen-bond acceptors (Lipinski definition) is 2. The van der Waals surface area contributed by atoms with Crippen molar-refractivity contribution in [3.8, 4) is 0 Å². The molecule has 0 heterocycles. The van der Waals surface area contributed by atoms with Crippen molar-refractivity contribution in [2.45, 2.75) is 45.1 Å². The molecule has 2 atom stereocenters. The molecule has 86 valence electrons. The molecule has 0 aliphatic heterocycles. The predicted octanol–water partition coefficient (Wildman–Crippen LogP) is 1.28. The number of amides is 1. The van der Waals surface area contributed by atoms with Crippen molar-refractivity contribution in [2.24, 2.45) is 23.5 Å². The Hall–Kier alpha value is -0.570. The monoisotopic (exact) mass is 210 g/mol. The summed E-state index contributed by atoms with van der Waals surface area (Å²) in [7, 11) is 0. The number of rotatable bonds is 4. The summed E-state index contributed by atoms with van der Waals surface area (Å²) in [6.07, 6.45) is 4.46. The Morgan fingerprint density at radius 1 is 1.33 bits per heavy atom. The van der Waals surface area contributed by atoms with Gasteiger partial charge in [0.1, 0.15) is 0 Å². The first-order chi connectivity index (χ1) is 7.02. The van der Waals surface area contributed by atoms with E-state index in [2.05, 4.69) is 5.32 Å². The smallest absolute Gasteiger partial charge is 0.223 e. The van der Waals surface area contributed by atoms with Crippen molar-refractivity contribution < 1.29 is 4.79 Å². The second-order valence-electron chi connectivity index (χ2n) is 5.84. The van der Waals surface area contributed by atoms with Gasteiger partial charge in [0.25, 0.3) is 0 Å². The van der Waals surface area contributed by atoms with Gasteiger partial charge in [-0.1, -0.05) is 0 Å². The summed E-state index contributed by atoms with van der Waals surface area (Å²) < 4.78 is 0. The van der Waals surface area contributed by atoms with Gasteiger partial charge >= 0.3 is 0 Å². The van der Waals surface area contributed by atoms with Crippen LogP contribution in [-0.2, 0) is 4.79 Å². The molecule has 0 aromatic rings. The van der Waals surface area contributed by atoms with Crippen LogP contribution in [0, 0.1) is 17.8 Å². The number of hydrogen-bond donors (Lipinski definition) is 2. The average Bonchev–Trinajstić information content (AvgIpc) is 2.72. The van der Waals surface area contributed by atoms with Crippen LogP contribution in [0.2, 0.25) is 0 Å². The molecule has 2 saturated carbocycles. The molecule has 15 heavy (non-hydrogen) atoms. The summed E-state index contributed by atoms with van der Waals surface area (Å²) in [5, 5.41) is 3.12. The number of fused-ring (bicyclic) bond motifs is 1. The van der Waals surface area contributed by atoms with Gasteiger partial charge in [0.15, 0.2) is 0 Å². The van der Waals surface area contributed by atoms with Gasteiger partial charge in [0.2, 0.25) is 5.91 Å². The van der Waals surface area contributed by atoms with E-state index in [9.17, 15) is 4.79 Å². The average molecular weight is 210 g/mol. The SMILES string of the molecule is CC(C)(CCN)NC(=O)C1CC2CC2C1. The zero-order valence-electron chi connectivity index (χ0n) is 9.75. The largest absolute Gasteiger partial charge is 0.351 e. The maximum absolute atomic E-state index is 11.9. The Morgan fingerprint density at radius 3 is 2.47 bits per heavy atom. The highest BCUT2D eigenvalue weighted by molar-refractivity contribution is 5.79. The van der Waals surface area contributed by atoms with Gasteiger partial charge in [-0.2, -0.15) is 0 Å². The maximum Gasteiger partial charge on any atom is 0.223 e. The van der Waals surface area contributed by atoms with E-state index in [0.717, 1.165) is 31.1 Å². The van der Waals surface area contributed by atoms with Crippen LogP contribution in [0.5, 0.6) is 0 Å². The summed E-state index contributed by atoms with van der Waals surface area (Å²) in [4.78, 5) is 11.9. The fourth-order valence-corrected chi connectivity index (χ4v) is 2.79. The van der Waals surface area contributed by atoms with Gasteiger partial charge in [0, 0.05) is 11.5 Å². The molecule has 2 rings (SSSR count). The van der Waals surface area contributed by atoms with Crippen molar-refractivity contribution in [1.29, 1.82) is 0 Å². The molecule has 2 aliphatic rings. The lowest BCUT2D eigenvalue weighted by atomic mass is 9.97. The number of nitrogens with two attached hydrogens (primary N) is 1. The minimum absolute atomic E-state index is 0.140. The fraction of sp³-hybridized carbons (Fsp3) is 0.917. The second kappa shape index (κ2) is 3.78. The van der Waals surface area contributed by atoms with Crippen LogP contribution in [0.15, 0.2) is 0 Å². The van der Waals surface area contributed by atoms with Gasteiger partial charge in [-0.15, -0.1) is 0 Å². The lowest BCUT2D eigenvalue weighted by Crippen LogP contribution is -2.47. The molecule has 0 saturated heterocycles. The lowest BCUT2D eigenvalue weighted by Gasteiger charge is -2.27. The van der Waals surface area contributed by atoms with Crippen molar-refractivity contribution in [3.05, 3.63) is 0 Å². The Labute approximate surface area is 91.8 Å². The topological polar surface area (TPSA) is 55.1 Å². The molecule has 3 heteroatoms. The van der Waals surface area contributed by atoms with E-state index in [-0.39, 0.29) is 17.4 Å². The number of carbonyl (C=O) groups excluding carboxylic acids is 1. The van der Waals surface area contributed by atoms with E-state index in [4.69, 9.17) is 5.73 Å². The Kier molecular flexibility index (Phi) is 2.75. The van der Waals surface area contributed by atoms with Gasteiger partial charge < -0.3 is 11.1 Å². The molecule has 3 nitrogen and oxygen atoms in total. The van der Waals surface area contributed by atoms with Gasteiger partial charge in [-0.25, -0.2) is 0 Å². The molecular weight excluding hydrogens is 188 g/mol. The Bertz CT molecular complexity index is 252. The lowest BCUT2D eigenvalue weighted by molar-refractivity contribution is -0.126. The summed E-state index contributed by atoms with van der Waals surface area (Å²) in [6.45, 7) is 4.73. The van der Waals surface area contributed by atoms with E-state index in [1.165, 1.54) is 6.42 Å². The third kappa shape index (κ3) is 2.51. The standard InChI is InChI=1S/C12H22N2O/c1-12(2,3-4-13)14-11(15)10-6-8-5-9(8)7-10/h8-10H,3-7,13H2,1-2H3,(H,14,15). The molecule has 2 unspecified atom stereocenters. The van der Waals surface area contributed by atoms with Crippen LogP contribution in [0.3, 0.4) is 0 Å². The van der Waals surface area contributed by atoms with Crippen molar-refractivity contribution in [1.82, 2.24) is 5.32 Å². The zero-order valence-corrected chi connectivity index (χ0v) is 9.75. The van der Waals surface area contributed by atoms with E-state index in [1.54, 1.807) is 0 Å². The molecule has 0 aromatic heterocycles. The second-order valence-corrected chi connectivity index (χ2v) is 5.84. The summed E-state index contributed by atoms with van der Waals surface area (Å²) >= 11 is 0. The molecule has 0 aromatic carbocycles. The minimum atomic E-state index is -0.140. The van der Waals surface area contributed by atoms with Crippen molar-refractivity contribution >= 4 is 5.91 Å². The molecule has 2 fully saturated rings. The van der Waals surface area contributed by atoms with Crippen LogP contribution in [0.1, 0.15) is 39.5 Å². The van der Waals surface area contributed by atoms with Crippen LogP contribution >= 0.6 is 0 Å². The first kappa shape index (κ1) is 10.9. The molecule has 0 bridgehead atoms. The van der Waals surface area contributed by atoms with E-state index in [0.29, 0.717) is 6.54 Å². The van der Waals surface area contributed by atoms with Gasteiger partial charge in [-0.3, -0.25) is 4.79 Å². The quantitative estimate of drug-likeness (QED) is 0.734. The van der Waals surface area contributed by atoms with Crippen LogP contribution in [0.4, 0.5) is 0 Å². The van der Waals surface area contributed by atoms with Gasteiger partial charge in [-0.05, 0) is 57.9 Å². The number of nitrogens with one attached hydrogen (secondary N) is 1. The minimum Gasteiger partial charge on any atom is -0.351 e. The maximum atomic E-state index is 11.9. The zero-order chi connectivity index (χ0) is 11.1.